The highest BCUT2D eigenvalue weighted by Crippen LogP contribution is 2.27. The van der Waals surface area contributed by atoms with E-state index in [1.807, 2.05) is 0 Å². The Bertz CT molecular complexity index is 449. The fourth-order valence-corrected chi connectivity index (χ4v) is 2.32. The van der Waals surface area contributed by atoms with E-state index in [0.29, 0.717) is 11.9 Å². The zero-order chi connectivity index (χ0) is 13.1. The van der Waals surface area contributed by atoms with Crippen molar-refractivity contribution in [3.8, 4) is 0 Å². The second-order valence-electron chi connectivity index (χ2n) is 4.40. The van der Waals surface area contributed by atoms with E-state index in [0.717, 1.165) is 18.9 Å². The lowest BCUT2D eigenvalue weighted by Gasteiger charge is -2.21. The Balaban J connectivity index is 2.07. The molecule has 1 aliphatic rings. The number of halogens is 3. The molecule has 0 unspecified atom stereocenters. The van der Waals surface area contributed by atoms with Crippen molar-refractivity contribution in [3.63, 3.8) is 0 Å². The van der Waals surface area contributed by atoms with Gasteiger partial charge in [-0.1, -0.05) is 28.1 Å². The second-order valence-corrected chi connectivity index (χ2v) is 5.19. The van der Waals surface area contributed by atoms with Crippen LogP contribution in [0.2, 0.25) is 0 Å². The topological polar surface area (TPSA) is 20.3 Å². The van der Waals surface area contributed by atoms with E-state index in [2.05, 4.69) is 15.9 Å². The molecule has 0 aliphatic heterocycles. The van der Waals surface area contributed by atoms with Crippen molar-refractivity contribution in [1.29, 1.82) is 0 Å². The van der Waals surface area contributed by atoms with Crippen molar-refractivity contribution in [2.75, 3.05) is 11.9 Å². The van der Waals surface area contributed by atoms with E-state index in [1.165, 1.54) is 12.1 Å². The van der Waals surface area contributed by atoms with Crippen molar-refractivity contribution < 1.29 is 13.6 Å². The Morgan fingerprint density at radius 2 is 2.11 bits per heavy atom. The summed E-state index contributed by atoms with van der Waals surface area (Å²) in [7, 11) is 0. The van der Waals surface area contributed by atoms with Crippen LogP contribution in [-0.2, 0) is 11.2 Å². The lowest BCUT2D eigenvalue weighted by molar-refractivity contribution is -0.130. The summed E-state index contributed by atoms with van der Waals surface area (Å²) >= 11 is 3.30. The molecule has 2 nitrogen and oxygen atoms in total. The molecule has 1 saturated carbocycles. The molecule has 1 aromatic carbocycles. The normalized spacial score (nSPS) is 14.6. The van der Waals surface area contributed by atoms with Crippen LogP contribution >= 0.6 is 15.9 Å². The second kappa shape index (κ2) is 5.78. The van der Waals surface area contributed by atoms with E-state index in [4.69, 9.17) is 0 Å². The molecule has 1 amide bonds. The molecule has 0 bridgehead atoms. The van der Waals surface area contributed by atoms with Crippen molar-refractivity contribution in [1.82, 2.24) is 4.90 Å². The molecule has 0 radical (unpaired) electrons. The molecule has 1 fully saturated rings. The summed E-state index contributed by atoms with van der Waals surface area (Å²) in [6.45, 7) is 0.612. The summed E-state index contributed by atoms with van der Waals surface area (Å²) in [6.07, 6.45) is 1.93. The molecule has 2 rings (SSSR count). The first-order valence-electron chi connectivity index (χ1n) is 5.92. The lowest BCUT2D eigenvalue weighted by atomic mass is 10.1. The van der Waals surface area contributed by atoms with Gasteiger partial charge in [-0.15, -0.1) is 0 Å². The maximum absolute atomic E-state index is 13.5. The molecule has 1 aliphatic carbocycles. The molecule has 5 heteroatoms. The number of carbonyl (C=O) groups is 1. The summed E-state index contributed by atoms with van der Waals surface area (Å²) < 4.78 is 26.5. The van der Waals surface area contributed by atoms with Gasteiger partial charge in [0.25, 0.3) is 0 Å². The Labute approximate surface area is 113 Å². The molecular formula is C13H14BrF2NO. The first-order chi connectivity index (χ1) is 8.63. The molecule has 0 saturated heterocycles. The van der Waals surface area contributed by atoms with E-state index in [9.17, 15) is 13.6 Å². The molecule has 0 spiro atoms. The molecular weight excluding hydrogens is 304 g/mol. The zero-order valence-electron chi connectivity index (χ0n) is 9.83. The van der Waals surface area contributed by atoms with Gasteiger partial charge in [-0.2, -0.15) is 0 Å². The van der Waals surface area contributed by atoms with Crippen molar-refractivity contribution >= 4 is 21.8 Å². The molecule has 0 aromatic heterocycles. The first-order valence-corrected chi connectivity index (χ1v) is 7.04. The minimum Gasteiger partial charge on any atom is -0.339 e. The number of hydrogen-bond donors (Lipinski definition) is 0. The van der Waals surface area contributed by atoms with Crippen LogP contribution in [0.1, 0.15) is 18.4 Å². The van der Waals surface area contributed by atoms with Gasteiger partial charge in [0.15, 0.2) is 11.6 Å². The third-order valence-electron chi connectivity index (χ3n) is 3.01. The van der Waals surface area contributed by atoms with Crippen molar-refractivity contribution in [2.24, 2.45) is 0 Å². The molecule has 18 heavy (non-hydrogen) atoms. The van der Waals surface area contributed by atoms with Gasteiger partial charge in [-0.25, -0.2) is 8.78 Å². The third kappa shape index (κ3) is 3.07. The summed E-state index contributed by atoms with van der Waals surface area (Å²) in [5.41, 5.74) is 0.125. The highest BCUT2D eigenvalue weighted by Gasteiger charge is 2.32. The number of benzene rings is 1. The SMILES string of the molecule is O=C(Cc1cccc(F)c1F)N(CCBr)C1CC1. The van der Waals surface area contributed by atoms with Crippen molar-refractivity contribution in [3.05, 3.63) is 35.4 Å². The summed E-state index contributed by atoms with van der Waals surface area (Å²) in [5, 5.41) is 0.695. The average molecular weight is 318 g/mol. The van der Waals surface area contributed by atoms with Crippen molar-refractivity contribution in [2.45, 2.75) is 25.3 Å². The van der Waals surface area contributed by atoms with E-state index >= 15 is 0 Å². The van der Waals surface area contributed by atoms with Gasteiger partial charge in [-0.3, -0.25) is 4.79 Å². The van der Waals surface area contributed by atoms with Crippen LogP contribution in [0.15, 0.2) is 18.2 Å². The predicted molar refractivity (Wildman–Crippen MR) is 68.6 cm³/mol. The Morgan fingerprint density at radius 3 is 2.72 bits per heavy atom. The molecule has 0 atom stereocenters. The van der Waals surface area contributed by atoms with Gasteiger partial charge < -0.3 is 4.90 Å². The van der Waals surface area contributed by atoms with Gasteiger partial charge in [0.1, 0.15) is 0 Å². The summed E-state index contributed by atoms with van der Waals surface area (Å²) in [4.78, 5) is 13.8. The quantitative estimate of drug-likeness (QED) is 0.765. The van der Waals surface area contributed by atoms with Crippen LogP contribution in [0.5, 0.6) is 0 Å². The van der Waals surface area contributed by atoms with Gasteiger partial charge in [-0.05, 0) is 18.9 Å². The smallest absolute Gasteiger partial charge is 0.227 e. The number of amides is 1. The standard InChI is InChI=1S/C13H14BrF2NO/c14-6-7-17(10-4-5-10)12(18)8-9-2-1-3-11(15)13(9)16/h1-3,10H,4-8H2. The average Bonchev–Trinajstić information content (AvgIpc) is 3.16. The number of nitrogens with zero attached hydrogens (tertiary/aromatic N) is 1. The number of alkyl halides is 1. The monoisotopic (exact) mass is 317 g/mol. The number of rotatable bonds is 5. The molecule has 98 valence electrons. The van der Waals surface area contributed by atoms with Gasteiger partial charge in [0.05, 0.1) is 6.42 Å². The molecule has 0 N–H and O–H groups in total. The largest absolute Gasteiger partial charge is 0.339 e. The van der Waals surface area contributed by atoms with Crippen LogP contribution in [0.25, 0.3) is 0 Å². The fraction of sp³-hybridized carbons (Fsp3) is 0.462. The van der Waals surface area contributed by atoms with E-state index < -0.39 is 11.6 Å². The first kappa shape index (κ1) is 13.5. The highest BCUT2D eigenvalue weighted by molar-refractivity contribution is 9.09. The minimum absolute atomic E-state index is 0.0763. The number of hydrogen-bond acceptors (Lipinski definition) is 1. The van der Waals surface area contributed by atoms with Gasteiger partial charge >= 0.3 is 0 Å². The minimum atomic E-state index is -0.916. The molecule has 0 heterocycles. The molecule has 1 aromatic rings. The highest BCUT2D eigenvalue weighted by atomic mass is 79.9. The van der Waals surface area contributed by atoms with Crippen LogP contribution < -0.4 is 0 Å². The van der Waals surface area contributed by atoms with E-state index in [-0.39, 0.29) is 23.9 Å². The third-order valence-corrected chi connectivity index (χ3v) is 3.36. The van der Waals surface area contributed by atoms with Gasteiger partial charge in [0.2, 0.25) is 5.91 Å². The van der Waals surface area contributed by atoms with Crippen LogP contribution in [0, 0.1) is 11.6 Å². The van der Waals surface area contributed by atoms with Gasteiger partial charge in [0, 0.05) is 23.5 Å². The summed E-state index contributed by atoms with van der Waals surface area (Å²) in [5.74, 6) is -1.96. The Kier molecular flexibility index (Phi) is 4.32. The van der Waals surface area contributed by atoms with E-state index in [1.54, 1.807) is 4.90 Å². The maximum Gasteiger partial charge on any atom is 0.227 e. The fourth-order valence-electron chi connectivity index (χ4n) is 1.94. The predicted octanol–water partition coefficient (Wildman–Crippen LogP) is 2.89. The Morgan fingerprint density at radius 1 is 1.39 bits per heavy atom. The Hall–Kier alpha value is -0.970. The maximum atomic E-state index is 13.5. The lowest BCUT2D eigenvalue weighted by Crippen LogP contribution is -2.36. The van der Waals surface area contributed by atoms with Crippen LogP contribution in [0.4, 0.5) is 8.78 Å². The summed E-state index contributed by atoms with van der Waals surface area (Å²) in [6, 6.07) is 4.22. The van der Waals surface area contributed by atoms with Crippen LogP contribution in [-0.4, -0.2) is 28.7 Å². The number of carbonyl (C=O) groups excluding carboxylic acids is 1. The zero-order valence-corrected chi connectivity index (χ0v) is 11.4. The van der Waals surface area contributed by atoms with Crippen LogP contribution in [0.3, 0.4) is 0 Å².